The largest absolute Gasteiger partial charge is 0.394 e. The molecule has 0 aromatic carbocycles. The fraction of sp³-hybridized carbons (Fsp3) is 1.00. The summed E-state index contributed by atoms with van der Waals surface area (Å²) in [5, 5.41) is 13.0. The van der Waals surface area contributed by atoms with E-state index in [9.17, 15) is 13.5 Å². The van der Waals surface area contributed by atoms with Crippen molar-refractivity contribution in [1.29, 1.82) is 0 Å². The number of nitrogens with zero attached hydrogens (tertiary/aromatic N) is 1. The summed E-state index contributed by atoms with van der Waals surface area (Å²) < 4.78 is 23.1. The quantitative estimate of drug-likeness (QED) is 0.654. The van der Waals surface area contributed by atoms with Gasteiger partial charge in [-0.2, -0.15) is 0 Å². The Morgan fingerprint density at radius 3 is 2.57 bits per heavy atom. The molecule has 1 aliphatic heterocycles. The van der Waals surface area contributed by atoms with Crippen LogP contribution in [0.5, 0.6) is 0 Å². The molecule has 21 heavy (non-hydrogen) atoms. The van der Waals surface area contributed by atoms with Crippen LogP contribution < -0.4 is 5.32 Å². The molecule has 0 saturated carbocycles. The molecule has 1 fully saturated rings. The molecule has 0 aromatic heterocycles. The zero-order valence-corrected chi connectivity index (χ0v) is 14.6. The number of hydrogen-bond acceptors (Lipinski definition) is 5. The summed E-state index contributed by atoms with van der Waals surface area (Å²) in [6, 6.07) is 0.359. The predicted octanol–water partition coefficient (Wildman–Crippen LogP) is 1.03. The summed E-state index contributed by atoms with van der Waals surface area (Å²) in [4.78, 5) is 2.26. The highest BCUT2D eigenvalue weighted by molar-refractivity contribution is 7.91. The van der Waals surface area contributed by atoms with E-state index in [0.717, 1.165) is 38.8 Å². The molecule has 1 heterocycles. The fourth-order valence-corrected chi connectivity index (χ4v) is 4.27. The summed E-state index contributed by atoms with van der Waals surface area (Å²) in [5.41, 5.74) is -0.212. The van der Waals surface area contributed by atoms with Gasteiger partial charge in [0.2, 0.25) is 0 Å². The van der Waals surface area contributed by atoms with Crippen LogP contribution in [0.2, 0.25) is 0 Å². The second kappa shape index (κ2) is 8.46. The van der Waals surface area contributed by atoms with Gasteiger partial charge in [0.1, 0.15) is 0 Å². The van der Waals surface area contributed by atoms with E-state index in [1.807, 2.05) is 0 Å². The minimum Gasteiger partial charge on any atom is -0.394 e. The second-order valence-electron chi connectivity index (χ2n) is 6.82. The molecule has 0 aliphatic carbocycles. The van der Waals surface area contributed by atoms with Crippen molar-refractivity contribution >= 4 is 9.84 Å². The third kappa shape index (κ3) is 7.58. The Bertz CT molecular complexity index is 398. The first-order valence-electron chi connectivity index (χ1n) is 8.08. The monoisotopic (exact) mass is 320 g/mol. The topological polar surface area (TPSA) is 69.6 Å². The van der Waals surface area contributed by atoms with Crippen molar-refractivity contribution in [2.45, 2.75) is 58.0 Å². The van der Waals surface area contributed by atoms with E-state index in [0.29, 0.717) is 24.1 Å². The van der Waals surface area contributed by atoms with Gasteiger partial charge in [-0.3, -0.25) is 0 Å². The minimum absolute atomic E-state index is 0.146. The van der Waals surface area contributed by atoms with Gasteiger partial charge in [-0.15, -0.1) is 0 Å². The van der Waals surface area contributed by atoms with E-state index >= 15 is 0 Å². The van der Waals surface area contributed by atoms with Crippen LogP contribution in [0.1, 0.15) is 46.5 Å². The lowest BCUT2D eigenvalue weighted by Crippen LogP contribution is -2.49. The molecular weight excluding hydrogens is 288 g/mol. The summed E-state index contributed by atoms with van der Waals surface area (Å²) in [5.74, 6) is 0.640. The normalized spacial score (nSPS) is 22.9. The number of nitrogens with one attached hydrogen (secondary N) is 1. The van der Waals surface area contributed by atoms with Gasteiger partial charge in [0.15, 0.2) is 9.84 Å². The van der Waals surface area contributed by atoms with Gasteiger partial charge in [-0.1, -0.05) is 20.3 Å². The van der Waals surface area contributed by atoms with Crippen molar-refractivity contribution in [2.75, 3.05) is 37.7 Å². The highest BCUT2D eigenvalue weighted by Gasteiger charge is 2.23. The molecule has 0 bridgehead atoms. The SMILES string of the molecule is CC(C)NC(C)(CO)CCCCN1CCCS(=O)(=O)CC1. The maximum absolute atomic E-state index is 11.6. The first-order chi connectivity index (χ1) is 9.76. The van der Waals surface area contributed by atoms with Gasteiger partial charge < -0.3 is 15.3 Å². The van der Waals surface area contributed by atoms with Gasteiger partial charge in [0, 0.05) is 18.1 Å². The molecule has 0 aromatic rings. The maximum Gasteiger partial charge on any atom is 0.151 e. The van der Waals surface area contributed by atoms with Crippen LogP contribution in [0.25, 0.3) is 0 Å². The van der Waals surface area contributed by atoms with E-state index in [4.69, 9.17) is 0 Å². The highest BCUT2D eigenvalue weighted by Crippen LogP contribution is 2.15. The summed E-state index contributed by atoms with van der Waals surface area (Å²) in [6.07, 6.45) is 3.79. The zero-order valence-electron chi connectivity index (χ0n) is 13.8. The Balaban J connectivity index is 2.27. The Hall–Kier alpha value is -0.170. The van der Waals surface area contributed by atoms with Crippen LogP contribution in [-0.2, 0) is 9.84 Å². The van der Waals surface area contributed by atoms with Crippen molar-refractivity contribution in [3.63, 3.8) is 0 Å². The van der Waals surface area contributed by atoms with E-state index in [-0.39, 0.29) is 12.1 Å². The van der Waals surface area contributed by atoms with Crippen molar-refractivity contribution in [2.24, 2.45) is 0 Å². The molecule has 0 radical (unpaired) electrons. The lowest BCUT2D eigenvalue weighted by molar-refractivity contribution is 0.152. The third-order valence-corrected chi connectivity index (χ3v) is 5.80. The molecule has 0 spiro atoms. The molecule has 1 saturated heterocycles. The van der Waals surface area contributed by atoms with E-state index in [1.165, 1.54) is 0 Å². The predicted molar refractivity (Wildman–Crippen MR) is 87.3 cm³/mol. The van der Waals surface area contributed by atoms with E-state index in [1.54, 1.807) is 0 Å². The second-order valence-corrected chi connectivity index (χ2v) is 9.13. The van der Waals surface area contributed by atoms with Crippen molar-refractivity contribution in [3.05, 3.63) is 0 Å². The smallest absolute Gasteiger partial charge is 0.151 e. The molecule has 5 nitrogen and oxygen atoms in total. The Morgan fingerprint density at radius 2 is 1.95 bits per heavy atom. The summed E-state index contributed by atoms with van der Waals surface area (Å²) in [6.45, 7) is 8.90. The lowest BCUT2D eigenvalue weighted by atomic mass is 9.94. The Labute approximate surface area is 130 Å². The maximum atomic E-state index is 11.6. The Kier molecular flexibility index (Phi) is 7.60. The van der Waals surface area contributed by atoms with Crippen LogP contribution in [0, 0.1) is 0 Å². The average Bonchev–Trinajstić information content (AvgIpc) is 2.55. The molecule has 1 aliphatic rings. The number of rotatable bonds is 8. The van der Waals surface area contributed by atoms with Crippen LogP contribution in [0.4, 0.5) is 0 Å². The molecular formula is C15H32N2O3S. The molecule has 2 N–H and O–H groups in total. The standard InChI is InChI=1S/C15H32N2O3S/c1-14(2)16-15(3,13-18)7-4-5-8-17-9-6-11-21(19,20)12-10-17/h14,16,18H,4-13H2,1-3H3. The summed E-state index contributed by atoms with van der Waals surface area (Å²) in [7, 11) is -2.81. The molecule has 1 atom stereocenters. The third-order valence-electron chi connectivity index (χ3n) is 4.09. The van der Waals surface area contributed by atoms with Crippen LogP contribution in [0.15, 0.2) is 0 Å². The number of aliphatic hydroxyl groups is 1. The molecule has 1 unspecified atom stereocenters. The van der Waals surface area contributed by atoms with Crippen LogP contribution in [0.3, 0.4) is 0 Å². The highest BCUT2D eigenvalue weighted by atomic mass is 32.2. The average molecular weight is 320 g/mol. The van der Waals surface area contributed by atoms with E-state index in [2.05, 4.69) is 31.0 Å². The first kappa shape index (κ1) is 18.9. The molecule has 1 rings (SSSR count). The van der Waals surface area contributed by atoms with Gasteiger partial charge in [-0.05, 0) is 39.3 Å². The van der Waals surface area contributed by atoms with Crippen molar-refractivity contribution < 1.29 is 13.5 Å². The minimum atomic E-state index is -2.81. The molecule has 126 valence electrons. The molecule has 0 amide bonds. The van der Waals surface area contributed by atoms with Gasteiger partial charge in [-0.25, -0.2) is 8.42 Å². The summed E-state index contributed by atoms with van der Waals surface area (Å²) >= 11 is 0. The fourth-order valence-electron chi connectivity index (χ4n) is 2.96. The number of hydrogen-bond donors (Lipinski definition) is 2. The van der Waals surface area contributed by atoms with Gasteiger partial charge >= 0.3 is 0 Å². The zero-order chi connectivity index (χ0) is 15.9. The Morgan fingerprint density at radius 1 is 1.24 bits per heavy atom. The van der Waals surface area contributed by atoms with Crippen molar-refractivity contribution in [3.8, 4) is 0 Å². The number of sulfone groups is 1. The van der Waals surface area contributed by atoms with Crippen LogP contribution in [-0.4, -0.2) is 67.8 Å². The number of aliphatic hydroxyl groups excluding tert-OH is 1. The molecule has 6 heteroatoms. The van der Waals surface area contributed by atoms with Crippen molar-refractivity contribution in [1.82, 2.24) is 10.2 Å². The van der Waals surface area contributed by atoms with Gasteiger partial charge in [0.25, 0.3) is 0 Å². The number of unbranched alkanes of at least 4 members (excludes halogenated alkanes) is 1. The first-order valence-corrected chi connectivity index (χ1v) is 9.90. The van der Waals surface area contributed by atoms with Gasteiger partial charge in [0.05, 0.1) is 18.1 Å². The van der Waals surface area contributed by atoms with Crippen LogP contribution >= 0.6 is 0 Å². The van der Waals surface area contributed by atoms with E-state index < -0.39 is 9.84 Å². The lowest BCUT2D eigenvalue weighted by Gasteiger charge is -2.31.